The number of rotatable bonds is 8. The van der Waals surface area contributed by atoms with Crippen LogP contribution >= 0.6 is 15.9 Å². The number of nitrogens with one attached hydrogen (secondary N) is 2. The molecule has 1 aliphatic rings. The minimum atomic E-state index is -0.762. The highest BCUT2D eigenvalue weighted by atomic mass is 79.9. The van der Waals surface area contributed by atoms with E-state index in [-0.39, 0.29) is 18.0 Å². The van der Waals surface area contributed by atoms with Gasteiger partial charge in [0.15, 0.2) is 11.5 Å². The molecule has 8 nitrogen and oxygen atoms in total. The fourth-order valence-corrected chi connectivity index (χ4v) is 3.46. The Morgan fingerprint density at radius 2 is 2.06 bits per heavy atom. The normalized spacial score (nSPS) is 14.3. The lowest BCUT2D eigenvalue weighted by molar-refractivity contribution is -0.127. The van der Waals surface area contributed by atoms with Crippen LogP contribution in [0, 0.1) is 5.82 Å². The number of imide groups is 1. The van der Waals surface area contributed by atoms with Gasteiger partial charge < -0.3 is 20.1 Å². The third-order valence-corrected chi connectivity index (χ3v) is 4.91. The lowest BCUT2D eigenvalue weighted by atomic mass is 10.1. The number of halogens is 2. The molecular formula is C22H19BrFN3O5. The monoisotopic (exact) mass is 503 g/mol. The maximum Gasteiger partial charge on any atom is 0.329 e. The highest BCUT2D eigenvalue weighted by Crippen LogP contribution is 2.37. The molecule has 0 spiro atoms. The Morgan fingerprint density at radius 3 is 2.75 bits per heavy atom. The number of hydrogen-bond acceptors (Lipinski definition) is 5. The van der Waals surface area contributed by atoms with Crippen molar-refractivity contribution >= 4 is 45.5 Å². The van der Waals surface area contributed by atoms with Crippen LogP contribution in [0.15, 0.2) is 59.2 Å². The first-order valence-corrected chi connectivity index (χ1v) is 10.1. The third kappa shape index (κ3) is 5.14. The molecule has 3 rings (SSSR count). The van der Waals surface area contributed by atoms with E-state index in [1.165, 1.54) is 31.4 Å². The molecule has 0 saturated carbocycles. The van der Waals surface area contributed by atoms with Crippen LogP contribution < -0.4 is 20.1 Å². The van der Waals surface area contributed by atoms with Crippen molar-refractivity contribution in [1.82, 2.24) is 10.2 Å². The van der Waals surface area contributed by atoms with E-state index in [9.17, 15) is 18.8 Å². The van der Waals surface area contributed by atoms with E-state index in [2.05, 4.69) is 33.1 Å². The summed E-state index contributed by atoms with van der Waals surface area (Å²) < 4.78 is 25.2. The summed E-state index contributed by atoms with van der Waals surface area (Å²) in [6, 6.07) is 8.13. The van der Waals surface area contributed by atoms with Crippen LogP contribution in [0.25, 0.3) is 6.08 Å². The van der Waals surface area contributed by atoms with Gasteiger partial charge in [-0.3, -0.25) is 9.59 Å². The summed E-state index contributed by atoms with van der Waals surface area (Å²) >= 11 is 3.39. The topological polar surface area (TPSA) is 97.0 Å². The van der Waals surface area contributed by atoms with Crippen molar-refractivity contribution in [1.29, 1.82) is 0 Å². The maximum absolute atomic E-state index is 13.7. The van der Waals surface area contributed by atoms with Crippen LogP contribution in [-0.2, 0) is 9.59 Å². The molecule has 1 heterocycles. The van der Waals surface area contributed by atoms with E-state index in [4.69, 9.17) is 9.47 Å². The minimum absolute atomic E-state index is 0.0256. The Labute approximate surface area is 191 Å². The second-order valence-corrected chi connectivity index (χ2v) is 7.40. The van der Waals surface area contributed by atoms with Crippen LogP contribution in [0.2, 0.25) is 0 Å². The van der Waals surface area contributed by atoms with Crippen molar-refractivity contribution in [3.8, 4) is 11.5 Å². The molecule has 0 bridgehead atoms. The lowest BCUT2D eigenvalue weighted by Crippen LogP contribution is -2.38. The quantitative estimate of drug-likeness (QED) is 0.325. The molecule has 32 heavy (non-hydrogen) atoms. The van der Waals surface area contributed by atoms with Crippen molar-refractivity contribution in [2.75, 3.05) is 25.6 Å². The van der Waals surface area contributed by atoms with Gasteiger partial charge in [-0.2, -0.15) is 0 Å². The van der Waals surface area contributed by atoms with Gasteiger partial charge in [-0.05, 0) is 51.8 Å². The van der Waals surface area contributed by atoms with Crippen LogP contribution in [0.4, 0.5) is 14.9 Å². The van der Waals surface area contributed by atoms with Gasteiger partial charge in [0.1, 0.15) is 24.7 Å². The van der Waals surface area contributed by atoms with Crippen LogP contribution in [0.5, 0.6) is 11.5 Å². The molecule has 0 radical (unpaired) electrons. The Bertz CT molecular complexity index is 1120. The molecule has 10 heteroatoms. The van der Waals surface area contributed by atoms with Gasteiger partial charge in [-0.15, -0.1) is 0 Å². The van der Waals surface area contributed by atoms with Crippen molar-refractivity contribution in [3.05, 3.63) is 70.6 Å². The Morgan fingerprint density at radius 1 is 1.31 bits per heavy atom. The zero-order valence-electron chi connectivity index (χ0n) is 17.0. The van der Waals surface area contributed by atoms with Gasteiger partial charge in [-0.25, -0.2) is 14.1 Å². The number of anilines is 1. The van der Waals surface area contributed by atoms with Gasteiger partial charge >= 0.3 is 6.03 Å². The zero-order chi connectivity index (χ0) is 23.3. The molecule has 2 aromatic rings. The average molecular weight is 504 g/mol. The first-order chi connectivity index (χ1) is 15.3. The van der Waals surface area contributed by atoms with Gasteiger partial charge in [-0.1, -0.05) is 24.8 Å². The number of methoxy groups -OCH3 is 1. The number of benzene rings is 2. The van der Waals surface area contributed by atoms with Crippen molar-refractivity contribution in [2.24, 2.45) is 0 Å². The predicted octanol–water partition coefficient (Wildman–Crippen LogP) is 3.69. The van der Waals surface area contributed by atoms with Gasteiger partial charge in [0.05, 0.1) is 17.3 Å². The molecule has 0 atom stereocenters. The molecule has 2 aromatic carbocycles. The van der Waals surface area contributed by atoms with E-state index >= 15 is 0 Å². The molecule has 4 amide bonds. The highest BCUT2D eigenvalue weighted by Gasteiger charge is 2.35. The van der Waals surface area contributed by atoms with Crippen molar-refractivity contribution in [3.63, 3.8) is 0 Å². The molecule has 2 N–H and O–H groups in total. The van der Waals surface area contributed by atoms with Crippen LogP contribution in [-0.4, -0.2) is 43.0 Å². The highest BCUT2D eigenvalue weighted by molar-refractivity contribution is 9.10. The fourth-order valence-electron chi connectivity index (χ4n) is 2.88. The van der Waals surface area contributed by atoms with Crippen molar-refractivity contribution < 1.29 is 28.2 Å². The van der Waals surface area contributed by atoms with E-state index in [1.54, 1.807) is 24.3 Å². The van der Waals surface area contributed by atoms with Crippen LogP contribution in [0.3, 0.4) is 0 Å². The Balaban J connectivity index is 1.76. The molecule has 166 valence electrons. The fraction of sp³-hybridized carbons (Fsp3) is 0.136. The summed E-state index contributed by atoms with van der Waals surface area (Å²) in [5.41, 5.74) is 0.472. The molecule has 1 saturated heterocycles. The van der Waals surface area contributed by atoms with Gasteiger partial charge in [0.25, 0.3) is 5.91 Å². The second-order valence-electron chi connectivity index (χ2n) is 6.54. The van der Waals surface area contributed by atoms with E-state index in [0.717, 1.165) is 4.90 Å². The largest absolute Gasteiger partial charge is 0.493 e. The lowest BCUT2D eigenvalue weighted by Gasteiger charge is -2.13. The van der Waals surface area contributed by atoms with Crippen LogP contribution in [0.1, 0.15) is 5.56 Å². The van der Waals surface area contributed by atoms with E-state index < -0.39 is 30.2 Å². The Kier molecular flexibility index (Phi) is 7.26. The average Bonchev–Trinajstić information content (AvgIpc) is 3.01. The molecule has 0 aliphatic carbocycles. The first kappa shape index (κ1) is 23.0. The number of para-hydroxylation sites is 1. The number of hydrogen-bond donors (Lipinski definition) is 2. The number of carbonyl (C=O) groups excluding carboxylic acids is 3. The van der Waals surface area contributed by atoms with Crippen molar-refractivity contribution in [2.45, 2.75) is 0 Å². The molecule has 0 aromatic heterocycles. The SMILES string of the molecule is C=CCOc1c(Br)cc(/C=C2/NC(=O)N(CC(=O)Nc3ccccc3F)C2=O)cc1OC. The predicted molar refractivity (Wildman–Crippen MR) is 120 cm³/mol. The maximum atomic E-state index is 13.7. The second kappa shape index (κ2) is 10.1. The summed E-state index contributed by atoms with van der Waals surface area (Å²) in [7, 11) is 1.47. The summed E-state index contributed by atoms with van der Waals surface area (Å²) in [6.45, 7) is 3.30. The molecule has 1 fully saturated rings. The standard InChI is InChI=1S/C22H19BrFN3O5/c1-3-8-32-20-14(23)9-13(11-18(20)31-2)10-17-21(29)27(22(30)26-17)12-19(28)25-16-7-5-4-6-15(16)24/h3-7,9-11H,1,8,12H2,2H3,(H,25,28)(H,26,30)/b17-10+. The number of carbonyl (C=O) groups is 3. The number of nitrogens with zero attached hydrogens (tertiary/aromatic N) is 1. The summed E-state index contributed by atoms with van der Waals surface area (Å²) in [4.78, 5) is 37.8. The van der Waals surface area contributed by atoms with Gasteiger partial charge in [0, 0.05) is 0 Å². The number of urea groups is 1. The van der Waals surface area contributed by atoms with Gasteiger partial charge in [0.2, 0.25) is 5.91 Å². The smallest absolute Gasteiger partial charge is 0.329 e. The van der Waals surface area contributed by atoms with E-state index in [1.807, 2.05) is 0 Å². The molecular weight excluding hydrogens is 485 g/mol. The Hall–Kier alpha value is -3.66. The zero-order valence-corrected chi connectivity index (χ0v) is 18.6. The molecule has 0 unspecified atom stereocenters. The summed E-state index contributed by atoms with van der Waals surface area (Å²) in [5.74, 6) is -1.17. The summed E-state index contributed by atoms with van der Waals surface area (Å²) in [6.07, 6.45) is 3.03. The number of ether oxygens (including phenoxy) is 2. The minimum Gasteiger partial charge on any atom is -0.493 e. The first-order valence-electron chi connectivity index (χ1n) is 9.34. The third-order valence-electron chi connectivity index (χ3n) is 4.32. The molecule has 1 aliphatic heterocycles. The summed E-state index contributed by atoms with van der Waals surface area (Å²) in [5, 5.41) is 4.77. The van der Waals surface area contributed by atoms with E-state index in [0.29, 0.717) is 21.5 Å². The number of amides is 4.